The van der Waals surface area contributed by atoms with Crippen LogP contribution in [0, 0.1) is 0 Å². The van der Waals surface area contributed by atoms with Gasteiger partial charge in [-0.05, 0) is 44.9 Å². The van der Waals surface area contributed by atoms with Crippen LogP contribution in [0.5, 0.6) is 5.75 Å². The molecule has 35 heavy (non-hydrogen) atoms. The van der Waals surface area contributed by atoms with Crippen LogP contribution in [0.1, 0.15) is 68.7 Å². The van der Waals surface area contributed by atoms with Crippen LogP contribution in [0.25, 0.3) is 0 Å². The molecular weight excluding hydrogens is 444 g/mol. The van der Waals surface area contributed by atoms with Gasteiger partial charge < -0.3 is 24.8 Å². The minimum absolute atomic E-state index is 0.0234. The fraction of sp³-hybridized carbons (Fsp3) is 0.538. The lowest BCUT2D eigenvalue weighted by atomic mass is 10.0. The Morgan fingerprint density at radius 2 is 1.77 bits per heavy atom. The first-order valence-electron chi connectivity index (χ1n) is 12.5. The average molecular weight is 481 g/mol. The number of fused-ring (bicyclic) bond motifs is 1. The summed E-state index contributed by atoms with van der Waals surface area (Å²) in [6, 6.07) is 8.20. The quantitative estimate of drug-likeness (QED) is 0.619. The molecule has 2 aromatic rings. The van der Waals surface area contributed by atoms with Crippen LogP contribution in [0.15, 0.2) is 24.3 Å². The average Bonchev–Trinajstić information content (AvgIpc) is 3.20. The molecule has 9 heteroatoms. The molecule has 0 radical (unpaired) electrons. The molecule has 2 aliphatic rings. The topological polar surface area (TPSA) is 90.9 Å². The summed E-state index contributed by atoms with van der Waals surface area (Å²) >= 11 is 0. The van der Waals surface area contributed by atoms with Crippen LogP contribution in [-0.2, 0) is 11.3 Å². The standard InChI is InChI=1S/C26H36N6O3/c1-6-22(19-8-10-20(11-9-19)35-7-2)27-24-21-16-32(17(3)4)25(34)23(21)28-26(29-24)31-14-12-30(13-15-31)18(5)33/h8-11,17,22H,6-7,12-16H2,1-5H3,(H,27,28,29). The van der Waals surface area contributed by atoms with Gasteiger partial charge >= 0.3 is 0 Å². The maximum Gasteiger partial charge on any atom is 0.273 e. The first-order chi connectivity index (χ1) is 16.8. The normalized spacial score (nSPS) is 16.5. The second-order valence-corrected chi connectivity index (χ2v) is 9.33. The Morgan fingerprint density at radius 3 is 2.34 bits per heavy atom. The summed E-state index contributed by atoms with van der Waals surface area (Å²) in [6.45, 7) is 13.4. The lowest BCUT2D eigenvalue weighted by molar-refractivity contribution is -0.129. The summed E-state index contributed by atoms with van der Waals surface area (Å²) in [4.78, 5) is 40.3. The van der Waals surface area contributed by atoms with Crippen molar-refractivity contribution in [1.29, 1.82) is 0 Å². The van der Waals surface area contributed by atoms with Crippen molar-refractivity contribution in [1.82, 2.24) is 19.8 Å². The minimum atomic E-state index is -0.0572. The predicted molar refractivity (Wildman–Crippen MR) is 136 cm³/mol. The highest BCUT2D eigenvalue weighted by Crippen LogP contribution is 2.33. The van der Waals surface area contributed by atoms with Gasteiger partial charge in [-0.3, -0.25) is 9.59 Å². The van der Waals surface area contributed by atoms with E-state index in [9.17, 15) is 9.59 Å². The van der Waals surface area contributed by atoms with Gasteiger partial charge in [-0.15, -0.1) is 0 Å². The molecule has 2 amide bonds. The summed E-state index contributed by atoms with van der Waals surface area (Å²) < 4.78 is 5.59. The van der Waals surface area contributed by atoms with Gasteiger partial charge in [0.25, 0.3) is 5.91 Å². The Kier molecular flexibility index (Phi) is 7.42. The third-order valence-electron chi connectivity index (χ3n) is 6.73. The van der Waals surface area contributed by atoms with Crippen LogP contribution in [-0.4, -0.2) is 70.4 Å². The highest BCUT2D eigenvalue weighted by molar-refractivity contribution is 5.98. The molecule has 0 saturated carbocycles. The van der Waals surface area contributed by atoms with Gasteiger partial charge in [-0.1, -0.05) is 19.1 Å². The largest absolute Gasteiger partial charge is 0.494 e. The molecule has 1 aromatic heterocycles. The Labute approximate surface area is 207 Å². The SMILES string of the molecule is CCOc1ccc(C(CC)Nc2nc(N3CCN(C(C)=O)CC3)nc3c2CN(C(C)C)C3=O)cc1. The van der Waals surface area contributed by atoms with Gasteiger partial charge in [0.05, 0.1) is 19.2 Å². The van der Waals surface area contributed by atoms with Gasteiger partial charge in [0.15, 0.2) is 0 Å². The zero-order valence-corrected chi connectivity index (χ0v) is 21.4. The number of nitrogens with one attached hydrogen (secondary N) is 1. The van der Waals surface area contributed by atoms with E-state index in [1.165, 1.54) is 0 Å². The van der Waals surface area contributed by atoms with E-state index in [1.807, 2.05) is 42.7 Å². The number of carbonyl (C=O) groups excluding carboxylic acids is 2. The number of benzene rings is 1. The van der Waals surface area contributed by atoms with Gasteiger partial charge in [-0.25, -0.2) is 4.98 Å². The zero-order valence-electron chi connectivity index (χ0n) is 21.4. The van der Waals surface area contributed by atoms with E-state index in [2.05, 4.69) is 29.3 Å². The summed E-state index contributed by atoms with van der Waals surface area (Å²) in [6.07, 6.45) is 0.848. The number of piperazine rings is 1. The number of hydrogen-bond donors (Lipinski definition) is 1. The Morgan fingerprint density at radius 1 is 1.09 bits per heavy atom. The van der Waals surface area contributed by atoms with Crippen LogP contribution in [0.2, 0.25) is 0 Å². The van der Waals surface area contributed by atoms with E-state index in [-0.39, 0.29) is 23.9 Å². The number of nitrogens with zero attached hydrogens (tertiary/aromatic N) is 5. The molecule has 1 saturated heterocycles. The molecule has 1 N–H and O–H groups in total. The molecule has 188 valence electrons. The molecule has 1 unspecified atom stereocenters. The van der Waals surface area contributed by atoms with E-state index < -0.39 is 0 Å². The van der Waals surface area contributed by atoms with E-state index >= 15 is 0 Å². The van der Waals surface area contributed by atoms with Gasteiger partial charge in [0.2, 0.25) is 11.9 Å². The highest BCUT2D eigenvalue weighted by atomic mass is 16.5. The first-order valence-corrected chi connectivity index (χ1v) is 12.5. The van der Waals surface area contributed by atoms with E-state index in [1.54, 1.807) is 6.92 Å². The molecule has 1 atom stereocenters. The van der Waals surface area contributed by atoms with Gasteiger partial charge in [0.1, 0.15) is 17.3 Å². The molecule has 1 fully saturated rings. The summed E-state index contributed by atoms with van der Waals surface area (Å²) in [5, 5.41) is 3.62. The fourth-order valence-electron chi connectivity index (χ4n) is 4.63. The second kappa shape index (κ2) is 10.5. The number of ether oxygens (including phenoxy) is 1. The molecule has 4 rings (SSSR count). The van der Waals surface area contributed by atoms with Crippen molar-refractivity contribution in [2.75, 3.05) is 43.0 Å². The van der Waals surface area contributed by atoms with Crippen LogP contribution >= 0.6 is 0 Å². The maximum atomic E-state index is 13.2. The second-order valence-electron chi connectivity index (χ2n) is 9.33. The first kappa shape index (κ1) is 24.8. The van der Waals surface area contributed by atoms with Crippen molar-refractivity contribution in [2.24, 2.45) is 0 Å². The molecule has 9 nitrogen and oxygen atoms in total. The molecule has 0 spiro atoms. The Hall–Kier alpha value is -3.36. The smallest absolute Gasteiger partial charge is 0.273 e. The van der Waals surface area contributed by atoms with Crippen molar-refractivity contribution in [3.8, 4) is 5.75 Å². The lowest BCUT2D eigenvalue weighted by Crippen LogP contribution is -2.48. The van der Waals surface area contributed by atoms with Crippen LogP contribution < -0.4 is 15.0 Å². The number of anilines is 2. The monoisotopic (exact) mass is 480 g/mol. The fourth-order valence-corrected chi connectivity index (χ4v) is 4.63. The summed E-state index contributed by atoms with van der Waals surface area (Å²) in [5.41, 5.74) is 2.45. The molecule has 0 aliphatic carbocycles. The third kappa shape index (κ3) is 5.18. The Balaban J connectivity index is 1.65. The van der Waals surface area contributed by atoms with E-state index in [0.717, 1.165) is 23.3 Å². The van der Waals surface area contributed by atoms with Crippen molar-refractivity contribution >= 4 is 23.6 Å². The number of rotatable bonds is 8. The van der Waals surface area contributed by atoms with Crippen molar-refractivity contribution in [2.45, 2.75) is 59.7 Å². The Bertz CT molecular complexity index is 1060. The van der Waals surface area contributed by atoms with Crippen LogP contribution in [0.4, 0.5) is 11.8 Å². The van der Waals surface area contributed by atoms with Crippen molar-refractivity contribution in [3.63, 3.8) is 0 Å². The van der Waals surface area contributed by atoms with E-state index in [0.29, 0.717) is 56.8 Å². The molecule has 3 heterocycles. The predicted octanol–water partition coefficient (Wildman–Crippen LogP) is 3.47. The van der Waals surface area contributed by atoms with Crippen molar-refractivity contribution < 1.29 is 14.3 Å². The number of aromatic nitrogens is 2. The molecular formula is C26H36N6O3. The number of carbonyl (C=O) groups is 2. The maximum absolute atomic E-state index is 13.2. The van der Waals surface area contributed by atoms with Gasteiger partial charge in [-0.2, -0.15) is 4.98 Å². The summed E-state index contributed by atoms with van der Waals surface area (Å²) in [7, 11) is 0. The van der Waals surface area contributed by atoms with Crippen LogP contribution in [0.3, 0.4) is 0 Å². The number of hydrogen-bond acceptors (Lipinski definition) is 7. The summed E-state index contributed by atoms with van der Waals surface area (Å²) in [5.74, 6) is 2.11. The molecule has 2 aliphatic heterocycles. The zero-order chi connectivity index (χ0) is 25.1. The van der Waals surface area contributed by atoms with Crippen molar-refractivity contribution in [3.05, 3.63) is 41.1 Å². The lowest BCUT2D eigenvalue weighted by Gasteiger charge is -2.34. The third-order valence-corrected chi connectivity index (χ3v) is 6.73. The van der Waals surface area contributed by atoms with Gasteiger partial charge in [0, 0.05) is 44.7 Å². The number of amides is 2. The van der Waals surface area contributed by atoms with E-state index in [4.69, 9.17) is 14.7 Å². The highest BCUT2D eigenvalue weighted by Gasteiger charge is 2.35. The molecule has 0 bridgehead atoms. The minimum Gasteiger partial charge on any atom is -0.494 e. The molecule has 1 aromatic carbocycles.